The number of amides is 1. The molecule has 0 radical (unpaired) electrons. The van der Waals surface area contributed by atoms with E-state index in [-0.39, 0.29) is 11.6 Å². The van der Waals surface area contributed by atoms with Crippen LogP contribution in [0.3, 0.4) is 0 Å². The van der Waals surface area contributed by atoms with Crippen LogP contribution in [0, 0.1) is 6.92 Å². The van der Waals surface area contributed by atoms with Crippen molar-refractivity contribution < 1.29 is 40.3 Å². The SMILES string of the molecule is C/C(=C\C(=O)C(F)(F)C(F)(F)C(F)(F)F)NNC(=O)c1ccc(C)cc1. The first kappa shape index (κ1) is 21.5. The van der Waals surface area contributed by atoms with Gasteiger partial charge < -0.3 is 5.43 Å². The number of carbonyl (C=O) groups excluding carboxylic acids is 2. The molecule has 0 bridgehead atoms. The number of carbonyl (C=O) groups is 2. The average Bonchev–Trinajstić information content (AvgIpc) is 2.51. The van der Waals surface area contributed by atoms with Crippen LogP contribution in [0.2, 0.25) is 0 Å². The first-order valence-corrected chi connectivity index (χ1v) is 6.88. The molecule has 0 aliphatic heterocycles. The predicted octanol–water partition coefficient (Wildman–Crippen LogP) is 3.54. The number of alkyl halides is 7. The van der Waals surface area contributed by atoms with Gasteiger partial charge in [-0.2, -0.15) is 30.7 Å². The van der Waals surface area contributed by atoms with E-state index >= 15 is 0 Å². The number of allylic oxidation sites excluding steroid dienone is 2. The van der Waals surface area contributed by atoms with Crippen LogP contribution in [0.1, 0.15) is 22.8 Å². The maximum atomic E-state index is 13.2. The zero-order valence-corrected chi connectivity index (χ0v) is 13.3. The fourth-order valence-electron chi connectivity index (χ4n) is 1.59. The largest absolute Gasteiger partial charge is 0.460 e. The number of nitrogens with one attached hydrogen (secondary N) is 2. The highest BCUT2D eigenvalue weighted by Crippen LogP contribution is 2.47. The van der Waals surface area contributed by atoms with Crippen LogP contribution >= 0.6 is 0 Å². The lowest BCUT2D eigenvalue weighted by Crippen LogP contribution is -2.55. The van der Waals surface area contributed by atoms with E-state index in [9.17, 15) is 40.3 Å². The van der Waals surface area contributed by atoms with Gasteiger partial charge in [-0.05, 0) is 26.0 Å². The minimum Gasteiger partial charge on any atom is -0.303 e. The first-order chi connectivity index (χ1) is 11.7. The van der Waals surface area contributed by atoms with Gasteiger partial charge in [0, 0.05) is 17.3 Å². The van der Waals surface area contributed by atoms with Crippen molar-refractivity contribution in [3.8, 4) is 0 Å². The maximum Gasteiger partial charge on any atom is 0.460 e. The third kappa shape index (κ3) is 4.52. The average molecular weight is 386 g/mol. The van der Waals surface area contributed by atoms with Gasteiger partial charge in [-0.15, -0.1) is 0 Å². The second-order valence-corrected chi connectivity index (χ2v) is 5.28. The van der Waals surface area contributed by atoms with Crippen LogP contribution in [-0.2, 0) is 4.79 Å². The lowest BCUT2D eigenvalue weighted by Gasteiger charge is -2.26. The van der Waals surface area contributed by atoms with Crippen molar-refractivity contribution in [2.45, 2.75) is 31.9 Å². The topological polar surface area (TPSA) is 58.2 Å². The van der Waals surface area contributed by atoms with Crippen LogP contribution < -0.4 is 10.9 Å². The molecular formula is C15H13F7N2O2. The fraction of sp³-hybridized carbons (Fsp3) is 0.333. The molecule has 1 amide bonds. The molecule has 0 atom stereocenters. The molecule has 1 aromatic rings. The lowest BCUT2D eigenvalue weighted by molar-refractivity contribution is -0.342. The number of hydrogen-bond donors (Lipinski definition) is 2. The minimum atomic E-state index is -6.61. The highest BCUT2D eigenvalue weighted by molar-refractivity contribution is 5.97. The first-order valence-electron chi connectivity index (χ1n) is 6.88. The van der Waals surface area contributed by atoms with Gasteiger partial charge in [0.2, 0.25) is 5.78 Å². The molecule has 2 N–H and O–H groups in total. The number of ketones is 1. The van der Waals surface area contributed by atoms with E-state index in [2.05, 4.69) is 0 Å². The summed E-state index contributed by atoms with van der Waals surface area (Å²) in [6, 6.07) is 6.05. The van der Waals surface area contributed by atoms with Crippen LogP contribution in [0.25, 0.3) is 0 Å². The smallest absolute Gasteiger partial charge is 0.303 e. The Morgan fingerprint density at radius 2 is 1.42 bits per heavy atom. The number of benzene rings is 1. The number of hydrazine groups is 1. The second-order valence-electron chi connectivity index (χ2n) is 5.28. The molecular weight excluding hydrogens is 373 g/mol. The third-order valence-electron chi connectivity index (χ3n) is 3.09. The van der Waals surface area contributed by atoms with Gasteiger partial charge in [0.25, 0.3) is 5.91 Å². The summed E-state index contributed by atoms with van der Waals surface area (Å²) < 4.78 is 87.9. The van der Waals surface area contributed by atoms with Crippen molar-refractivity contribution in [3.63, 3.8) is 0 Å². The summed E-state index contributed by atoms with van der Waals surface area (Å²) in [4.78, 5) is 22.9. The number of hydrogen-bond acceptors (Lipinski definition) is 3. The van der Waals surface area contributed by atoms with Gasteiger partial charge in [0.05, 0.1) is 0 Å². The molecule has 0 aromatic heterocycles. The summed E-state index contributed by atoms with van der Waals surface area (Å²) in [6.07, 6.45) is -6.77. The van der Waals surface area contributed by atoms with E-state index in [1.54, 1.807) is 19.1 Å². The summed E-state index contributed by atoms with van der Waals surface area (Å²) in [5.74, 6) is -16.1. The van der Waals surface area contributed by atoms with Crippen LogP contribution in [-0.4, -0.2) is 29.7 Å². The highest BCUT2D eigenvalue weighted by atomic mass is 19.4. The van der Waals surface area contributed by atoms with E-state index in [0.717, 1.165) is 12.5 Å². The van der Waals surface area contributed by atoms with Gasteiger partial charge in [0.15, 0.2) is 0 Å². The van der Waals surface area contributed by atoms with Crippen LogP contribution in [0.5, 0.6) is 0 Å². The van der Waals surface area contributed by atoms with Gasteiger partial charge in [-0.25, -0.2) is 0 Å². The van der Waals surface area contributed by atoms with Crippen molar-refractivity contribution in [3.05, 3.63) is 47.2 Å². The molecule has 0 unspecified atom stereocenters. The van der Waals surface area contributed by atoms with Crippen molar-refractivity contribution in [1.82, 2.24) is 10.9 Å². The molecule has 1 rings (SSSR count). The second kappa shape index (κ2) is 7.34. The zero-order chi connectivity index (χ0) is 20.3. The summed E-state index contributed by atoms with van der Waals surface area (Å²) in [5.41, 5.74) is 4.37. The Balaban J connectivity index is 2.81. The summed E-state index contributed by atoms with van der Waals surface area (Å²) >= 11 is 0. The summed E-state index contributed by atoms with van der Waals surface area (Å²) in [7, 11) is 0. The van der Waals surface area contributed by atoms with E-state index in [1.807, 2.05) is 10.9 Å². The Morgan fingerprint density at radius 3 is 1.88 bits per heavy atom. The normalized spacial score (nSPS) is 13.3. The van der Waals surface area contributed by atoms with Crippen molar-refractivity contribution in [2.75, 3.05) is 0 Å². The van der Waals surface area contributed by atoms with E-state index < -0.39 is 35.4 Å². The zero-order valence-electron chi connectivity index (χ0n) is 13.3. The molecule has 1 aromatic carbocycles. The molecule has 11 heteroatoms. The molecule has 0 fully saturated rings. The third-order valence-corrected chi connectivity index (χ3v) is 3.09. The van der Waals surface area contributed by atoms with E-state index in [1.165, 1.54) is 12.1 Å². The summed E-state index contributed by atoms with van der Waals surface area (Å²) in [6.45, 7) is 2.67. The molecule has 0 saturated carbocycles. The van der Waals surface area contributed by atoms with Crippen molar-refractivity contribution >= 4 is 11.7 Å². The molecule has 4 nitrogen and oxygen atoms in total. The molecule has 144 valence electrons. The molecule has 0 saturated heterocycles. The van der Waals surface area contributed by atoms with Gasteiger partial charge in [-0.1, -0.05) is 17.7 Å². The van der Waals surface area contributed by atoms with Crippen LogP contribution in [0.15, 0.2) is 36.0 Å². The van der Waals surface area contributed by atoms with E-state index in [0.29, 0.717) is 0 Å². The number of rotatable bonds is 6. The van der Waals surface area contributed by atoms with Crippen LogP contribution in [0.4, 0.5) is 30.7 Å². The van der Waals surface area contributed by atoms with Crippen molar-refractivity contribution in [2.24, 2.45) is 0 Å². The quantitative estimate of drug-likeness (QED) is 0.447. The fourth-order valence-corrected chi connectivity index (χ4v) is 1.59. The lowest BCUT2D eigenvalue weighted by atomic mass is 10.1. The Bertz CT molecular complexity index is 710. The molecule has 0 aliphatic rings. The highest BCUT2D eigenvalue weighted by Gasteiger charge is 2.75. The Labute approximate surface area is 143 Å². The van der Waals surface area contributed by atoms with Gasteiger partial charge >= 0.3 is 18.0 Å². The standard InChI is InChI=1S/C15H13F7N2O2/c1-8-3-5-10(6-4-8)12(26)24-23-9(2)7-11(25)13(16,17)14(18,19)15(20,21)22/h3-7,23H,1-2H3,(H,24,26)/b9-7+. The van der Waals surface area contributed by atoms with E-state index in [4.69, 9.17) is 0 Å². The summed E-state index contributed by atoms with van der Waals surface area (Å²) in [5, 5.41) is 0. The minimum absolute atomic E-state index is 0.149. The molecule has 26 heavy (non-hydrogen) atoms. The predicted molar refractivity (Wildman–Crippen MR) is 76.5 cm³/mol. The Hall–Kier alpha value is -2.59. The van der Waals surface area contributed by atoms with Crippen molar-refractivity contribution in [1.29, 1.82) is 0 Å². The molecule has 0 aliphatic carbocycles. The Morgan fingerprint density at radius 1 is 0.923 bits per heavy atom. The molecule has 0 spiro atoms. The maximum absolute atomic E-state index is 13.2. The van der Waals surface area contributed by atoms with Gasteiger partial charge in [-0.3, -0.25) is 15.0 Å². The number of aryl methyl sites for hydroxylation is 1. The number of halogens is 7. The monoisotopic (exact) mass is 386 g/mol. The Kier molecular flexibility index (Phi) is 6.06. The van der Waals surface area contributed by atoms with Gasteiger partial charge in [0.1, 0.15) is 0 Å². The molecule has 0 heterocycles.